The summed E-state index contributed by atoms with van der Waals surface area (Å²) in [5.41, 5.74) is 0.812. The number of halogens is 1. The zero-order chi connectivity index (χ0) is 12.2. The summed E-state index contributed by atoms with van der Waals surface area (Å²) in [6.07, 6.45) is 4.79. The Bertz CT molecular complexity index is 450. The lowest BCUT2D eigenvalue weighted by Crippen LogP contribution is -2.24. The lowest BCUT2D eigenvalue weighted by molar-refractivity contribution is 0.266. The molecule has 0 saturated heterocycles. The molecule has 1 aliphatic carbocycles. The van der Waals surface area contributed by atoms with E-state index < -0.39 is 10.3 Å². The number of rotatable bonds is 4. The smallest absolute Gasteiger partial charge is 0.357 e. The summed E-state index contributed by atoms with van der Waals surface area (Å²) in [5, 5.41) is 0.562. The lowest BCUT2D eigenvalue weighted by atomic mass is 10.1. The maximum Gasteiger partial charge on any atom is 0.357 e. The highest BCUT2D eigenvalue weighted by Crippen LogP contribution is 2.25. The van der Waals surface area contributed by atoms with Gasteiger partial charge < -0.3 is 4.74 Å². The van der Waals surface area contributed by atoms with Crippen LogP contribution in [0.3, 0.4) is 0 Å². The zero-order valence-corrected chi connectivity index (χ0v) is 10.2. The summed E-state index contributed by atoms with van der Waals surface area (Å²) in [6.45, 7) is 2.26. The molecule has 0 amide bonds. The molecule has 0 aliphatic heterocycles. The molecule has 5 nitrogen and oxygen atoms in total. The predicted molar refractivity (Wildman–Crippen MR) is 61.0 cm³/mol. The molecule has 0 aromatic rings. The minimum Gasteiger partial charge on any atom is -0.501 e. The number of hydrogen-bond acceptors (Lipinski definition) is 3. The molecule has 0 radical (unpaired) electrons. The van der Waals surface area contributed by atoms with E-state index in [9.17, 15) is 8.42 Å². The van der Waals surface area contributed by atoms with Crippen LogP contribution in [-0.2, 0) is 15.0 Å². The zero-order valence-electron chi connectivity index (χ0n) is 8.60. The SMILES string of the molecule is CCOC=C1CC(Cl)=CC=C1NS(=O)(=O)O. The van der Waals surface area contributed by atoms with E-state index in [0.717, 1.165) is 0 Å². The van der Waals surface area contributed by atoms with Crippen LogP contribution in [0.25, 0.3) is 0 Å². The first-order chi connectivity index (χ1) is 7.42. The van der Waals surface area contributed by atoms with E-state index in [2.05, 4.69) is 0 Å². The van der Waals surface area contributed by atoms with Crippen molar-refractivity contribution in [3.05, 3.63) is 34.7 Å². The van der Waals surface area contributed by atoms with Gasteiger partial charge in [0.15, 0.2) is 0 Å². The Kier molecular flexibility index (Phi) is 4.40. The van der Waals surface area contributed by atoms with E-state index in [1.807, 2.05) is 4.72 Å². The second-order valence-corrected chi connectivity index (χ2v) is 4.69. The summed E-state index contributed by atoms with van der Waals surface area (Å²) in [5.74, 6) is 0. The van der Waals surface area contributed by atoms with Gasteiger partial charge in [-0.25, -0.2) is 0 Å². The number of allylic oxidation sites excluding steroid dienone is 4. The van der Waals surface area contributed by atoms with Gasteiger partial charge in [0.2, 0.25) is 0 Å². The highest BCUT2D eigenvalue weighted by atomic mass is 35.5. The Morgan fingerprint density at radius 1 is 1.62 bits per heavy atom. The van der Waals surface area contributed by atoms with Crippen molar-refractivity contribution < 1.29 is 17.7 Å². The molecule has 90 valence electrons. The first kappa shape index (κ1) is 13.1. The molecule has 1 aliphatic rings. The van der Waals surface area contributed by atoms with Crippen LogP contribution in [0.15, 0.2) is 34.7 Å². The molecule has 0 spiro atoms. The largest absolute Gasteiger partial charge is 0.501 e. The Labute approximate surface area is 99.3 Å². The van der Waals surface area contributed by atoms with Crippen LogP contribution in [-0.4, -0.2) is 19.6 Å². The third kappa shape index (κ3) is 4.26. The van der Waals surface area contributed by atoms with E-state index in [1.54, 1.807) is 13.0 Å². The summed E-state index contributed by atoms with van der Waals surface area (Å²) >= 11 is 5.81. The quantitative estimate of drug-likeness (QED) is 0.599. The van der Waals surface area contributed by atoms with Gasteiger partial charge >= 0.3 is 10.3 Å². The molecule has 0 saturated carbocycles. The van der Waals surface area contributed by atoms with E-state index in [-0.39, 0.29) is 5.70 Å². The van der Waals surface area contributed by atoms with Crippen LogP contribution in [0, 0.1) is 0 Å². The van der Waals surface area contributed by atoms with Crippen LogP contribution in [0.5, 0.6) is 0 Å². The van der Waals surface area contributed by atoms with E-state index >= 15 is 0 Å². The van der Waals surface area contributed by atoms with Gasteiger partial charge in [-0.15, -0.1) is 0 Å². The van der Waals surface area contributed by atoms with Crippen LogP contribution < -0.4 is 4.72 Å². The van der Waals surface area contributed by atoms with Gasteiger partial charge in [0.05, 0.1) is 18.6 Å². The van der Waals surface area contributed by atoms with Crippen LogP contribution in [0.4, 0.5) is 0 Å². The molecule has 0 unspecified atom stereocenters. The average Bonchev–Trinajstić information content (AvgIpc) is 2.16. The van der Waals surface area contributed by atoms with Crippen molar-refractivity contribution in [3.8, 4) is 0 Å². The highest BCUT2D eigenvalue weighted by molar-refractivity contribution is 7.83. The number of hydrogen-bond donors (Lipinski definition) is 2. The van der Waals surface area contributed by atoms with Gasteiger partial charge in [-0.2, -0.15) is 8.42 Å². The van der Waals surface area contributed by atoms with E-state index in [0.29, 0.717) is 23.6 Å². The van der Waals surface area contributed by atoms with Crippen molar-refractivity contribution in [2.45, 2.75) is 13.3 Å². The summed E-state index contributed by atoms with van der Waals surface area (Å²) < 4.78 is 37.1. The molecule has 16 heavy (non-hydrogen) atoms. The third-order valence-electron chi connectivity index (χ3n) is 1.77. The molecule has 0 fully saturated rings. The Morgan fingerprint density at radius 3 is 2.88 bits per heavy atom. The molecule has 0 bridgehead atoms. The van der Waals surface area contributed by atoms with Crippen molar-refractivity contribution in [3.63, 3.8) is 0 Å². The minimum absolute atomic E-state index is 0.250. The van der Waals surface area contributed by atoms with Gasteiger partial charge in [0, 0.05) is 17.0 Å². The summed E-state index contributed by atoms with van der Waals surface area (Å²) in [4.78, 5) is 0. The molecule has 0 aromatic heterocycles. The third-order valence-corrected chi connectivity index (χ3v) is 2.50. The fraction of sp³-hybridized carbons (Fsp3) is 0.333. The lowest BCUT2D eigenvalue weighted by Gasteiger charge is -2.15. The fourth-order valence-electron chi connectivity index (χ4n) is 1.14. The predicted octanol–water partition coefficient (Wildman–Crippen LogP) is 1.71. The topological polar surface area (TPSA) is 75.6 Å². The van der Waals surface area contributed by atoms with Gasteiger partial charge in [-0.3, -0.25) is 9.27 Å². The van der Waals surface area contributed by atoms with E-state index in [4.69, 9.17) is 20.9 Å². The van der Waals surface area contributed by atoms with Crippen LogP contribution in [0.1, 0.15) is 13.3 Å². The van der Waals surface area contributed by atoms with Gasteiger partial charge in [0.25, 0.3) is 0 Å². The van der Waals surface area contributed by atoms with Gasteiger partial charge in [-0.1, -0.05) is 11.6 Å². The maximum atomic E-state index is 10.7. The number of nitrogens with one attached hydrogen (secondary N) is 1. The van der Waals surface area contributed by atoms with Crippen molar-refractivity contribution in [1.82, 2.24) is 4.72 Å². The van der Waals surface area contributed by atoms with Crippen LogP contribution in [0.2, 0.25) is 0 Å². The first-order valence-corrected chi connectivity index (χ1v) is 6.36. The molecule has 1 rings (SSSR count). The molecule has 2 N–H and O–H groups in total. The van der Waals surface area contributed by atoms with Crippen molar-refractivity contribution in [1.29, 1.82) is 0 Å². The standard InChI is InChI=1S/C9H12ClNO4S/c1-2-15-6-7-5-8(10)3-4-9(7)11-16(12,13)14/h3-4,6,11H,2,5H2,1H3,(H,12,13,14). The molecule has 7 heteroatoms. The van der Waals surface area contributed by atoms with E-state index in [1.165, 1.54) is 12.3 Å². The normalized spacial score (nSPS) is 19.1. The van der Waals surface area contributed by atoms with Gasteiger partial charge in [-0.05, 0) is 19.1 Å². The van der Waals surface area contributed by atoms with Crippen molar-refractivity contribution in [2.24, 2.45) is 0 Å². The molecular weight excluding hydrogens is 254 g/mol. The summed E-state index contributed by atoms with van der Waals surface area (Å²) in [6, 6.07) is 0. The molecular formula is C9H12ClNO4S. The molecule has 0 atom stereocenters. The fourth-order valence-corrected chi connectivity index (χ4v) is 1.83. The van der Waals surface area contributed by atoms with Crippen molar-refractivity contribution in [2.75, 3.05) is 6.61 Å². The monoisotopic (exact) mass is 265 g/mol. The second-order valence-electron chi connectivity index (χ2n) is 3.05. The highest BCUT2D eigenvalue weighted by Gasteiger charge is 2.15. The van der Waals surface area contributed by atoms with Gasteiger partial charge in [0.1, 0.15) is 0 Å². The first-order valence-electron chi connectivity index (χ1n) is 4.55. The van der Waals surface area contributed by atoms with Crippen LogP contribution >= 0.6 is 11.6 Å². The Hall–Kier alpha value is -0.980. The second kappa shape index (κ2) is 5.38. The Balaban J connectivity index is 2.92. The number of ether oxygens (including phenoxy) is 1. The molecule has 0 aromatic carbocycles. The maximum absolute atomic E-state index is 10.7. The minimum atomic E-state index is -4.29. The molecule has 0 heterocycles. The average molecular weight is 266 g/mol. The Morgan fingerprint density at radius 2 is 2.31 bits per heavy atom. The summed E-state index contributed by atoms with van der Waals surface area (Å²) in [7, 11) is -4.29. The van der Waals surface area contributed by atoms with Crippen molar-refractivity contribution >= 4 is 21.9 Å².